The van der Waals surface area contributed by atoms with Gasteiger partial charge in [-0.25, -0.2) is 4.79 Å². The molecule has 2 aliphatic heterocycles. The molecule has 2 aliphatic carbocycles. The second-order valence-electron chi connectivity index (χ2n) is 7.39. The third kappa shape index (κ3) is 2.54. The van der Waals surface area contributed by atoms with Crippen LogP contribution in [0.5, 0.6) is 0 Å². The van der Waals surface area contributed by atoms with Gasteiger partial charge in [0.05, 0.1) is 0 Å². The molecular weight excluding hydrogens is 250 g/mol. The first-order valence-corrected chi connectivity index (χ1v) is 8.59. The summed E-state index contributed by atoms with van der Waals surface area (Å²) in [6.45, 7) is 4.46. The molecule has 0 aromatic carbocycles. The van der Waals surface area contributed by atoms with Gasteiger partial charge in [0.15, 0.2) is 0 Å². The zero-order chi connectivity index (χ0) is 13.5. The molecule has 0 radical (unpaired) electrons. The van der Waals surface area contributed by atoms with E-state index in [0.717, 1.165) is 31.0 Å². The summed E-state index contributed by atoms with van der Waals surface area (Å²) in [5, 5.41) is 3.27. The summed E-state index contributed by atoms with van der Waals surface area (Å²) in [5.74, 6) is 1.49. The average molecular weight is 277 g/mol. The molecular formula is C16H27N3O. The normalized spacial score (nSPS) is 35.3. The van der Waals surface area contributed by atoms with Gasteiger partial charge in [-0.1, -0.05) is 19.3 Å². The first-order chi connectivity index (χ1) is 9.79. The van der Waals surface area contributed by atoms with Crippen molar-refractivity contribution < 1.29 is 4.79 Å². The molecule has 1 N–H and O–H groups in total. The maximum Gasteiger partial charge on any atom is 0.317 e. The lowest BCUT2D eigenvalue weighted by atomic mass is 9.96. The van der Waals surface area contributed by atoms with Gasteiger partial charge in [0.25, 0.3) is 0 Å². The highest BCUT2D eigenvalue weighted by atomic mass is 16.2. The molecule has 4 fully saturated rings. The van der Waals surface area contributed by atoms with Crippen LogP contribution in [0.15, 0.2) is 0 Å². The van der Waals surface area contributed by atoms with Crippen LogP contribution in [-0.4, -0.2) is 54.1 Å². The van der Waals surface area contributed by atoms with E-state index in [1.165, 1.54) is 58.0 Å². The van der Waals surface area contributed by atoms with Crippen LogP contribution in [0, 0.1) is 11.8 Å². The van der Waals surface area contributed by atoms with Crippen molar-refractivity contribution in [2.45, 2.75) is 57.0 Å². The molecule has 4 nitrogen and oxygen atoms in total. The minimum Gasteiger partial charge on any atom is -0.335 e. The summed E-state index contributed by atoms with van der Waals surface area (Å²) in [6.07, 6.45) is 9.09. The quantitative estimate of drug-likeness (QED) is 0.838. The lowest BCUT2D eigenvalue weighted by molar-refractivity contribution is 0.191. The van der Waals surface area contributed by atoms with Crippen molar-refractivity contribution in [2.24, 2.45) is 11.8 Å². The minimum atomic E-state index is 0.212. The highest BCUT2D eigenvalue weighted by molar-refractivity contribution is 5.75. The number of carbonyl (C=O) groups excluding carboxylic acids is 1. The molecule has 0 spiro atoms. The van der Waals surface area contributed by atoms with E-state index in [1.807, 2.05) is 0 Å². The molecule has 0 aromatic heterocycles. The van der Waals surface area contributed by atoms with Crippen LogP contribution in [0.2, 0.25) is 0 Å². The number of nitrogens with one attached hydrogen (secondary N) is 1. The van der Waals surface area contributed by atoms with Gasteiger partial charge in [0.2, 0.25) is 0 Å². The van der Waals surface area contributed by atoms with Gasteiger partial charge in [-0.3, -0.25) is 4.90 Å². The van der Waals surface area contributed by atoms with Crippen molar-refractivity contribution in [1.29, 1.82) is 0 Å². The lowest BCUT2D eigenvalue weighted by Crippen LogP contribution is -2.45. The van der Waals surface area contributed by atoms with Crippen molar-refractivity contribution in [1.82, 2.24) is 15.1 Å². The number of urea groups is 1. The van der Waals surface area contributed by atoms with Crippen LogP contribution in [0.3, 0.4) is 0 Å². The van der Waals surface area contributed by atoms with Crippen LogP contribution >= 0.6 is 0 Å². The Morgan fingerprint density at radius 2 is 1.50 bits per heavy atom. The number of hydrogen-bond donors (Lipinski definition) is 1. The standard InChI is InChI=1S/C16H27N3O/c20-16(17-14-4-2-1-3-5-14)19-10-12-8-18(15-6-7-15)9-13(12)11-19/h12-15H,1-11H2,(H,17,20). The maximum absolute atomic E-state index is 12.4. The molecule has 0 aromatic rings. The molecule has 2 saturated carbocycles. The first-order valence-electron chi connectivity index (χ1n) is 8.59. The Morgan fingerprint density at radius 1 is 0.850 bits per heavy atom. The van der Waals surface area contributed by atoms with Crippen molar-refractivity contribution in [3.8, 4) is 0 Å². The molecule has 2 saturated heterocycles. The number of amides is 2. The number of fused-ring (bicyclic) bond motifs is 1. The van der Waals surface area contributed by atoms with Gasteiger partial charge in [-0.15, -0.1) is 0 Å². The zero-order valence-corrected chi connectivity index (χ0v) is 12.4. The smallest absolute Gasteiger partial charge is 0.317 e. The lowest BCUT2D eigenvalue weighted by Gasteiger charge is -2.27. The molecule has 4 rings (SSSR count). The predicted molar refractivity (Wildman–Crippen MR) is 78.6 cm³/mol. The molecule has 112 valence electrons. The van der Waals surface area contributed by atoms with Crippen LogP contribution < -0.4 is 5.32 Å². The van der Waals surface area contributed by atoms with Crippen LogP contribution in [-0.2, 0) is 0 Å². The number of rotatable bonds is 2. The third-order valence-electron chi connectivity index (χ3n) is 5.80. The molecule has 4 aliphatic rings. The Labute approximate surface area is 121 Å². The number of hydrogen-bond acceptors (Lipinski definition) is 2. The number of nitrogens with zero attached hydrogens (tertiary/aromatic N) is 2. The van der Waals surface area contributed by atoms with Crippen molar-refractivity contribution >= 4 is 6.03 Å². The largest absolute Gasteiger partial charge is 0.335 e. The van der Waals surface area contributed by atoms with Crippen molar-refractivity contribution in [3.05, 3.63) is 0 Å². The van der Waals surface area contributed by atoms with E-state index in [2.05, 4.69) is 15.1 Å². The van der Waals surface area contributed by atoms with Gasteiger partial charge in [-0.05, 0) is 37.5 Å². The van der Waals surface area contributed by atoms with Crippen LogP contribution in [0.25, 0.3) is 0 Å². The van der Waals surface area contributed by atoms with Gasteiger partial charge in [-0.2, -0.15) is 0 Å². The van der Waals surface area contributed by atoms with Crippen molar-refractivity contribution in [2.75, 3.05) is 26.2 Å². The second kappa shape index (κ2) is 5.21. The van der Waals surface area contributed by atoms with E-state index in [0.29, 0.717) is 6.04 Å². The fraction of sp³-hybridized carbons (Fsp3) is 0.938. The first kappa shape index (κ1) is 12.9. The maximum atomic E-state index is 12.4. The molecule has 2 heterocycles. The second-order valence-corrected chi connectivity index (χ2v) is 7.39. The Bertz CT molecular complexity index is 362. The monoisotopic (exact) mass is 277 g/mol. The zero-order valence-electron chi connectivity index (χ0n) is 12.4. The predicted octanol–water partition coefficient (Wildman–Crippen LogP) is 2.05. The van der Waals surface area contributed by atoms with E-state index < -0.39 is 0 Å². The summed E-state index contributed by atoms with van der Waals surface area (Å²) < 4.78 is 0. The highest BCUT2D eigenvalue weighted by Gasteiger charge is 2.45. The molecule has 0 bridgehead atoms. The van der Waals surface area contributed by atoms with Crippen LogP contribution in [0.1, 0.15) is 44.9 Å². The van der Waals surface area contributed by atoms with E-state index in [4.69, 9.17) is 0 Å². The average Bonchev–Trinajstić information content (AvgIpc) is 3.10. The summed E-state index contributed by atoms with van der Waals surface area (Å²) >= 11 is 0. The van der Waals surface area contributed by atoms with Gasteiger partial charge in [0.1, 0.15) is 0 Å². The van der Waals surface area contributed by atoms with Gasteiger partial charge in [0, 0.05) is 38.3 Å². The Hall–Kier alpha value is -0.770. The van der Waals surface area contributed by atoms with Gasteiger partial charge < -0.3 is 10.2 Å². The summed E-state index contributed by atoms with van der Waals surface area (Å²) in [4.78, 5) is 17.1. The fourth-order valence-corrected chi connectivity index (χ4v) is 4.45. The number of carbonyl (C=O) groups is 1. The molecule has 2 atom stereocenters. The van der Waals surface area contributed by atoms with E-state index in [9.17, 15) is 4.79 Å². The molecule has 2 amide bonds. The minimum absolute atomic E-state index is 0.212. The molecule has 2 unspecified atom stereocenters. The molecule has 20 heavy (non-hydrogen) atoms. The van der Waals surface area contributed by atoms with E-state index in [1.54, 1.807) is 0 Å². The number of likely N-dealkylation sites (tertiary alicyclic amines) is 2. The summed E-state index contributed by atoms with van der Waals surface area (Å²) in [6, 6.07) is 1.55. The highest BCUT2D eigenvalue weighted by Crippen LogP contribution is 2.37. The summed E-state index contributed by atoms with van der Waals surface area (Å²) in [5.41, 5.74) is 0. The van der Waals surface area contributed by atoms with E-state index in [-0.39, 0.29) is 6.03 Å². The summed E-state index contributed by atoms with van der Waals surface area (Å²) in [7, 11) is 0. The Kier molecular flexibility index (Phi) is 3.37. The van der Waals surface area contributed by atoms with Crippen LogP contribution in [0.4, 0.5) is 4.79 Å². The van der Waals surface area contributed by atoms with Crippen molar-refractivity contribution in [3.63, 3.8) is 0 Å². The van der Waals surface area contributed by atoms with Gasteiger partial charge >= 0.3 is 6.03 Å². The Balaban J connectivity index is 1.27. The van der Waals surface area contributed by atoms with E-state index >= 15 is 0 Å². The molecule has 4 heteroatoms. The SMILES string of the molecule is O=C(NC1CCCCC1)N1CC2CN(C3CC3)CC2C1. The topological polar surface area (TPSA) is 35.6 Å². The fourth-order valence-electron chi connectivity index (χ4n) is 4.45. The third-order valence-corrected chi connectivity index (χ3v) is 5.80. The Morgan fingerprint density at radius 3 is 2.10 bits per heavy atom.